The molecular weight excluding hydrogens is 372 g/mol. The van der Waals surface area contributed by atoms with Crippen LogP contribution < -0.4 is 0 Å². The van der Waals surface area contributed by atoms with E-state index in [2.05, 4.69) is 32.6 Å². The first kappa shape index (κ1) is 20.6. The van der Waals surface area contributed by atoms with Crippen LogP contribution in [0.3, 0.4) is 0 Å². The second kappa shape index (κ2) is 8.21. The molecule has 1 saturated heterocycles. The van der Waals surface area contributed by atoms with Crippen molar-refractivity contribution in [2.75, 3.05) is 13.1 Å². The van der Waals surface area contributed by atoms with E-state index in [9.17, 15) is 4.79 Å². The van der Waals surface area contributed by atoms with E-state index in [0.29, 0.717) is 18.3 Å². The van der Waals surface area contributed by atoms with E-state index in [1.807, 2.05) is 41.9 Å². The van der Waals surface area contributed by atoms with Crippen molar-refractivity contribution in [1.82, 2.24) is 19.7 Å². The maximum absolute atomic E-state index is 12.9. The molecule has 158 valence electrons. The molecule has 5 nitrogen and oxygen atoms in total. The van der Waals surface area contributed by atoms with Crippen LogP contribution >= 0.6 is 0 Å². The third-order valence-electron chi connectivity index (χ3n) is 6.39. The van der Waals surface area contributed by atoms with Crippen LogP contribution in [0.4, 0.5) is 0 Å². The van der Waals surface area contributed by atoms with Gasteiger partial charge in [0.05, 0.1) is 11.4 Å². The SMILES string of the molecule is Cc1nc2c(c(C)nn2-c2ccccc2)c(C)c1CCC(=O)N1C[C@H](C)C[C@H](C)C1. The van der Waals surface area contributed by atoms with Gasteiger partial charge >= 0.3 is 0 Å². The predicted molar refractivity (Wildman–Crippen MR) is 121 cm³/mol. The van der Waals surface area contributed by atoms with Crippen molar-refractivity contribution < 1.29 is 4.79 Å². The number of piperidine rings is 1. The zero-order valence-corrected chi connectivity index (χ0v) is 18.8. The van der Waals surface area contributed by atoms with E-state index >= 15 is 0 Å². The lowest BCUT2D eigenvalue weighted by Crippen LogP contribution is -2.42. The Kier molecular flexibility index (Phi) is 5.63. The maximum Gasteiger partial charge on any atom is 0.222 e. The number of rotatable bonds is 4. The molecule has 0 aliphatic carbocycles. The van der Waals surface area contributed by atoms with Gasteiger partial charge < -0.3 is 4.90 Å². The zero-order chi connectivity index (χ0) is 21.4. The van der Waals surface area contributed by atoms with E-state index in [1.54, 1.807) is 0 Å². The van der Waals surface area contributed by atoms with E-state index in [4.69, 9.17) is 10.1 Å². The molecule has 1 fully saturated rings. The largest absolute Gasteiger partial charge is 0.342 e. The minimum absolute atomic E-state index is 0.268. The molecule has 1 aromatic carbocycles. The molecule has 0 radical (unpaired) electrons. The molecule has 1 aliphatic heterocycles. The quantitative estimate of drug-likeness (QED) is 0.629. The highest BCUT2D eigenvalue weighted by atomic mass is 16.2. The lowest BCUT2D eigenvalue weighted by molar-refractivity contribution is -0.133. The number of carbonyl (C=O) groups excluding carboxylic acids is 1. The predicted octanol–water partition coefficient (Wildman–Crippen LogP) is 4.78. The van der Waals surface area contributed by atoms with Crippen molar-refractivity contribution in [1.29, 1.82) is 0 Å². The number of aryl methyl sites for hydroxylation is 3. The Labute approximate surface area is 179 Å². The number of hydrogen-bond acceptors (Lipinski definition) is 3. The Morgan fingerprint density at radius 2 is 1.70 bits per heavy atom. The Morgan fingerprint density at radius 1 is 1.03 bits per heavy atom. The molecule has 0 saturated carbocycles. The summed E-state index contributed by atoms with van der Waals surface area (Å²) in [4.78, 5) is 19.9. The average Bonchev–Trinajstić information content (AvgIpc) is 3.03. The monoisotopic (exact) mass is 404 g/mol. The molecule has 1 amide bonds. The Hall–Kier alpha value is -2.69. The number of amides is 1. The summed E-state index contributed by atoms with van der Waals surface area (Å²) in [5, 5.41) is 5.87. The second-order valence-electron chi connectivity index (χ2n) is 9.08. The molecule has 3 aromatic rings. The van der Waals surface area contributed by atoms with Crippen LogP contribution in [0.25, 0.3) is 16.7 Å². The van der Waals surface area contributed by atoms with Gasteiger partial charge in [0.15, 0.2) is 5.65 Å². The lowest BCUT2D eigenvalue weighted by atomic mass is 9.91. The molecule has 0 N–H and O–H groups in total. The molecule has 0 spiro atoms. The van der Waals surface area contributed by atoms with Crippen molar-refractivity contribution in [3.63, 3.8) is 0 Å². The van der Waals surface area contributed by atoms with Crippen LogP contribution in [0.5, 0.6) is 0 Å². The van der Waals surface area contributed by atoms with Gasteiger partial charge in [0, 0.05) is 30.6 Å². The normalized spacial score (nSPS) is 19.4. The van der Waals surface area contributed by atoms with Gasteiger partial charge in [0.1, 0.15) is 0 Å². The van der Waals surface area contributed by atoms with E-state index < -0.39 is 0 Å². The molecule has 2 atom stereocenters. The number of likely N-dealkylation sites (tertiary alicyclic amines) is 1. The highest BCUT2D eigenvalue weighted by Crippen LogP contribution is 2.29. The minimum Gasteiger partial charge on any atom is -0.342 e. The lowest BCUT2D eigenvalue weighted by Gasteiger charge is -2.35. The fourth-order valence-electron chi connectivity index (χ4n) is 5.08. The average molecular weight is 405 g/mol. The smallest absolute Gasteiger partial charge is 0.222 e. The summed E-state index contributed by atoms with van der Waals surface area (Å²) < 4.78 is 1.93. The molecule has 3 heterocycles. The van der Waals surface area contributed by atoms with Gasteiger partial charge in [-0.3, -0.25) is 4.79 Å². The number of benzene rings is 1. The van der Waals surface area contributed by atoms with Crippen molar-refractivity contribution in [2.45, 2.75) is 53.9 Å². The van der Waals surface area contributed by atoms with Gasteiger partial charge in [0.25, 0.3) is 0 Å². The Bertz CT molecular complexity index is 1060. The summed E-state index contributed by atoms with van der Waals surface area (Å²) in [6.07, 6.45) is 2.49. The fourth-order valence-corrected chi connectivity index (χ4v) is 5.08. The standard InChI is InChI=1S/C25H32N4O/c1-16-13-17(2)15-28(14-16)23(30)12-11-22-18(3)24-20(5)27-29(25(24)26-19(22)4)21-9-7-6-8-10-21/h6-10,16-17H,11-15H2,1-5H3/t16-,17+. The van der Waals surface area contributed by atoms with Crippen LogP contribution in [-0.4, -0.2) is 38.7 Å². The van der Waals surface area contributed by atoms with Crippen LogP contribution in [-0.2, 0) is 11.2 Å². The fraction of sp³-hybridized carbons (Fsp3) is 0.480. The number of para-hydroxylation sites is 1. The number of fused-ring (bicyclic) bond motifs is 1. The summed E-state index contributed by atoms with van der Waals surface area (Å²) in [7, 11) is 0. The molecular formula is C25H32N4O. The van der Waals surface area contributed by atoms with E-state index in [1.165, 1.54) is 17.5 Å². The summed E-state index contributed by atoms with van der Waals surface area (Å²) in [5.41, 5.74) is 6.26. The number of pyridine rings is 1. The third kappa shape index (κ3) is 3.85. The topological polar surface area (TPSA) is 51.0 Å². The molecule has 0 unspecified atom stereocenters. The molecule has 2 aromatic heterocycles. The maximum atomic E-state index is 12.9. The molecule has 0 bridgehead atoms. The number of hydrogen-bond donors (Lipinski definition) is 0. The first-order valence-electron chi connectivity index (χ1n) is 11.0. The first-order chi connectivity index (χ1) is 14.3. The van der Waals surface area contributed by atoms with Crippen molar-refractivity contribution >= 4 is 16.9 Å². The summed E-state index contributed by atoms with van der Waals surface area (Å²) in [6, 6.07) is 10.1. The van der Waals surface area contributed by atoms with Gasteiger partial charge in [-0.25, -0.2) is 9.67 Å². The van der Waals surface area contributed by atoms with Crippen LogP contribution in [0.15, 0.2) is 30.3 Å². The molecule has 4 rings (SSSR count). The van der Waals surface area contributed by atoms with Crippen LogP contribution in [0.2, 0.25) is 0 Å². The molecule has 5 heteroatoms. The second-order valence-corrected chi connectivity index (χ2v) is 9.08. The number of carbonyl (C=O) groups is 1. The highest BCUT2D eigenvalue weighted by molar-refractivity contribution is 5.85. The highest BCUT2D eigenvalue weighted by Gasteiger charge is 2.25. The van der Waals surface area contributed by atoms with Gasteiger partial charge in [-0.1, -0.05) is 32.0 Å². The number of nitrogens with zero attached hydrogens (tertiary/aromatic N) is 4. The van der Waals surface area contributed by atoms with Gasteiger partial charge in [0.2, 0.25) is 5.91 Å². The number of aromatic nitrogens is 3. The van der Waals surface area contributed by atoms with Crippen molar-refractivity contribution in [3.05, 3.63) is 52.8 Å². The molecule has 30 heavy (non-hydrogen) atoms. The molecule has 1 aliphatic rings. The zero-order valence-electron chi connectivity index (χ0n) is 18.8. The Morgan fingerprint density at radius 3 is 2.37 bits per heavy atom. The Balaban J connectivity index is 1.61. The summed E-state index contributed by atoms with van der Waals surface area (Å²) in [5.74, 6) is 1.44. The van der Waals surface area contributed by atoms with Crippen molar-refractivity contribution in [3.8, 4) is 5.69 Å². The minimum atomic E-state index is 0.268. The third-order valence-corrected chi connectivity index (χ3v) is 6.39. The summed E-state index contributed by atoms with van der Waals surface area (Å²) >= 11 is 0. The first-order valence-corrected chi connectivity index (χ1v) is 11.0. The van der Waals surface area contributed by atoms with Crippen LogP contribution in [0, 0.1) is 32.6 Å². The van der Waals surface area contributed by atoms with E-state index in [-0.39, 0.29) is 5.91 Å². The van der Waals surface area contributed by atoms with Gasteiger partial charge in [-0.15, -0.1) is 0 Å². The van der Waals surface area contributed by atoms with Gasteiger partial charge in [-0.05, 0) is 68.7 Å². The van der Waals surface area contributed by atoms with Crippen molar-refractivity contribution in [2.24, 2.45) is 11.8 Å². The van der Waals surface area contributed by atoms with Crippen LogP contribution in [0.1, 0.15) is 49.2 Å². The van der Waals surface area contributed by atoms with E-state index in [0.717, 1.165) is 47.6 Å². The summed E-state index contributed by atoms with van der Waals surface area (Å²) in [6.45, 7) is 12.5. The van der Waals surface area contributed by atoms with Gasteiger partial charge in [-0.2, -0.15) is 5.10 Å².